The number of rotatable bonds is 12. The third-order valence-electron chi connectivity index (χ3n) is 6.97. The van der Waals surface area contributed by atoms with Gasteiger partial charge in [-0.1, -0.05) is 24.3 Å². The van der Waals surface area contributed by atoms with Crippen molar-refractivity contribution in [2.75, 3.05) is 12.0 Å². The molecule has 0 saturated heterocycles. The fraction of sp³-hybridized carbons (Fsp3) is 0.324. The minimum Gasteiger partial charge on any atom is -0.485 e. The molecule has 244 valence electrons. The maximum atomic E-state index is 13.9. The molecule has 1 amide bonds. The minimum atomic E-state index is -3.47. The summed E-state index contributed by atoms with van der Waals surface area (Å²) in [6, 6.07) is 14.9. The van der Waals surface area contributed by atoms with Crippen LogP contribution in [0.15, 0.2) is 79.1 Å². The molecule has 0 bridgehead atoms. The van der Waals surface area contributed by atoms with Gasteiger partial charge in [0.15, 0.2) is 0 Å². The molecule has 1 unspecified atom stereocenters. The number of carbonyl (C=O) groups is 2. The lowest BCUT2D eigenvalue weighted by atomic mass is 9.98. The van der Waals surface area contributed by atoms with Gasteiger partial charge in [0.1, 0.15) is 50.8 Å². The van der Waals surface area contributed by atoms with Gasteiger partial charge < -0.3 is 19.4 Å². The molecule has 0 spiro atoms. The summed E-state index contributed by atoms with van der Waals surface area (Å²) in [5.41, 5.74) is 0.806. The fourth-order valence-corrected chi connectivity index (χ4v) is 5.35. The average Bonchev–Trinajstić information content (AvgIpc) is 3.38. The quantitative estimate of drug-likeness (QED) is 0.198. The zero-order valence-corrected chi connectivity index (χ0v) is 27.1. The first kappa shape index (κ1) is 34.3. The number of hydrogen-bond donors (Lipinski definition) is 1. The largest absolute Gasteiger partial charge is 0.485 e. The summed E-state index contributed by atoms with van der Waals surface area (Å²) in [5.74, 6) is -1.72. The number of sulfone groups is 1. The molecule has 4 aromatic rings. The van der Waals surface area contributed by atoms with E-state index in [0.29, 0.717) is 28.9 Å². The van der Waals surface area contributed by atoms with Crippen LogP contribution in [0, 0.1) is 11.6 Å². The van der Waals surface area contributed by atoms with Crippen LogP contribution in [0.5, 0.6) is 5.75 Å². The predicted octanol–water partition coefficient (Wildman–Crippen LogP) is 5.60. The van der Waals surface area contributed by atoms with E-state index in [9.17, 15) is 26.8 Å². The molecule has 46 heavy (non-hydrogen) atoms. The Hall–Kier alpha value is -4.58. The van der Waals surface area contributed by atoms with Gasteiger partial charge in [-0.2, -0.15) is 0 Å². The van der Waals surface area contributed by atoms with Crippen molar-refractivity contribution in [2.45, 2.75) is 51.4 Å². The number of ether oxygens (including phenoxy) is 2. The second-order valence-electron chi connectivity index (χ2n) is 12.0. The van der Waals surface area contributed by atoms with Crippen LogP contribution >= 0.6 is 0 Å². The van der Waals surface area contributed by atoms with Crippen molar-refractivity contribution in [3.8, 4) is 16.9 Å². The smallest absolute Gasteiger partial charge is 0.329 e. The third-order valence-corrected chi connectivity index (χ3v) is 7.95. The molecular formula is C34H37F2N3O6S. The number of nitrogens with one attached hydrogen (secondary N) is 1. The van der Waals surface area contributed by atoms with E-state index in [2.05, 4.69) is 10.3 Å². The highest BCUT2D eigenvalue weighted by Gasteiger charge is 2.29. The number of esters is 1. The van der Waals surface area contributed by atoms with E-state index < -0.39 is 51.1 Å². The van der Waals surface area contributed by atoms with Crippen LogP contribution in [0.1, 0.15) is 55.0 Å². The Bertz CT molecular complexity index is 1780. The summed E-state index contributed by atoms with van der Waals surface area (Å²) < 4.78 is 65.2. The Labute approximate surface area is 267 Å². The Kier molecular flexibility index (Phi) is 10.6. The van der Waals surface area contributed by atoms with E-state index in [-0.39, 0.29) is 23.5 Å². The molecule has 1 N–H and O–H groups in total. The molecule has 1 heterocycles. The van der Waals surface area contributed by atoms with E-state index in [1.54, 1.807) is 57.4 Å². The maximum Gasteiger partial charge on any atom is 0.329 e. The standard InChI is InChI=1S/C34H37F2N3O6S/c1-34(2,3)45-33(41)29(16-19-46(5,42)43)38-32(40)28-20-26(14-15-27(28)22-6-10-24(35)11-7-22)44-30(21-31-37-17-18-39(31)4)23-8-12-25(36)13-9-23/h6-15,17-18,20,29-30H,16,19,21H2,1-5H3,(H,38,40)/t29-,30?/m0/s1. The number of hydrogen-bond acceptors (Lipinski definition) is 7. The summed E-state index contributed by atoms with van der Waals surface area (Å²) >= 11 is 0. The lowest BCUT2D eigenvalue weighted by Crippen LogP contribution is -2.45. The Morgan fingerprint density at radius 1 is 0.978 bits per heavy atom. The van der Waals surface area contributed by atoms with Crippen LogP contribution in [-0.4, -0.2) is 53.5 Å². The van der Waals surface area contributed by atoms with Crippen molar-refractivity contribution in [1.29, 1.82) is 0 Å². The summed E-state index contributed by atoms with van der Waals surface area (Å²) in [7, 11) is -1.63. The lowest BCUT2D eigenvalue weighted by Gasteiger charge is -2.25. The molecule has 2 atom stereocenters. The highest BCUT2D eigenvalue weighted by molar-refractivity contribution is 7.90. The topological polar surface area (TPSA) is 117 Å². The molecule has 3 aromatic carbocycles. The Morgan fingerprint density at radius 2 is 1.61 bits per heavy atom. The number of aryl methyl sites for hydroxylation is 1. The van der Waals surface area contributed by atoms with Crippen LogP contribution in [0.25, 0.3) is 11.1 Å². The van der Waals surface area contributed by atoms with E-state index in [1.807, 2.05) is 11.6 Å². The van der Waals surface area contributed by atoms with E-state index in [0.717, 1.165) is 6.26 Å². The van der Waals surface area contributed by atoms with Gasteiger partial charge >= 0.3 is 5.97 Å². The van der Waals surface area contributed by atoms with Gasteiger partial charge in [-0.25, -0.2) is 27.0 Å². The summed E-state index contributed by atoms with van der Waals surface area (Å²) in [6.07, 6.45) is 3.97. The zero-order valence-electron chi connectivity index (χ0n) is 26.3. The van der Waals surface area contributed by atoms with Gasteiger partial charge in [0.25, 0.3) is 5.91 Å². The number of amides is 1. The van der Waals surface area contributed by atoms with Crippen LogP contribution in [0.2, 0.25) is 0 Å². The van der Waals surface area contributed by atoms with Crippen molar-refractivity contribution < 1.29 is 36.3 Å². The van der Waals surface area contributed by atoms with Gasteiger partial charge in [0.05, 0.1) is 11.3 Å². The number of carbonyl (C=O) groups excluding carboxylic acids is 2. The fourth-order valence-electron chi connectivity index (χ4n) is 4.68. The van der Waals surface area contributed by atoms with Crippen LogP contribution in [-0.2, 0) is 32.8 Å². The SMILES string of the molecule is Cn1ccnc1CC(Oc1ccc(-c2ccc(F)cc2)c(C(=O)N[C@@H](CCS(C)(=O)=O)C(=O)OC(C)(C)C)c1)c1ccc(F)cc1. The van der Waals surface area contributed by atoms with Crippen LogP contribution in [0.4, 0.5) is 8.78 Å². The third kappa shape index (κ3) is 9.71. The molecule has 0 aliphatic rings. The maximum absolute atomic E-state index is 13.9. The summed E-state index contributed by atoms with van der Waals surface area (Å²) in [6.45, 7) is 4.99. The second kappa shape index (κ2) is 14.2. The Morgan fingerprint density at radius 3 is 2.17 bits per heavy atom. The van der Waals surface area contributed by atoms with Gasteiger partial charge in [-0.15, -0.1) is 0 Å². The highest BCUT2D eigenvalue weighted by atomic mass is 32.2. The summed E-state index contributed by atoms with van der Waals surface area (Å²) in [4.78, 5) is 31.4. The Balaban J connectivity index is 1.73. The minimum absolute atomic E-state index is 0.0897. The monoisotopic (exact) mass is 653 g/mol. The normalized spacial score (nSPS) is 13.1. The average molecular weight is 654 g/mol. The summed E-state index contributed by atoms with van der Waals surface area (Å²) in [5, 5.41) is 2.65. The van der Waals surface area contributed by atoms with Crippen LogP contribution < -0.4 is 10.1 Å². The highest BCUT2D eigenvalue weighted by Crippen LogP contribution is 2.32. The van der Waals surface area contributed by atoms with Crippen molar-refractivity contribution >= 4 is 21.7 Å². The van der Waals surface area contributed by atoms with Crippen molar-refractivity contribution in [2.24, 2.45) is 7.05 Å². The number of benzene rings is 3. The van der Waals surface area contributed by atoms with E-state index in [4.69, 9.17) is 9.47 Å². The molecule has 1 aromatic heterocycles. The molecule has 0 aliphatic heterocycles. The van der Waals surface area contributed by atoms with Gasteiger partial charge in [0.2, 0.25) is 0 Å². The van der Waals surface area contributed by atoms with Gasteiger partial charge in [-0.3, -0.25) is 4.79 Å². The lowest BCUT2D eigenvalue weighted by molar-refractivity contribution is -0.157. The second-order valence-corrected chi connectivity index (χ2v) is 14.3. The first-order valence-corrected chi connectivity index (χ1v) is 16.6. The van der Waals surface area contributed by atoms with Crippen molar-refractivity contribution in [3.63, 3.8) is 0 Å². The van der Waals surface area contributed by atoms with Gasteiger partial charge in [0, 0.05) is 32.1 Å². The molecular weight excluding hydrogens is 616 g/mol. The van der Waals surface area contributed by atoms with Crippen LogP contribution in [0.3, 0.4) is 0 Å². The predicted molar refractivity (Wildman–Crippen MR) is 170 cm³/mol. The number of halogens is 2. The number of aromatic nitrogens is 2. The molecule has 0 saturated carbocycles. The molecule has 12 heteroatoms. The van der Waals surface area contributed by atoms with Gasteiger partial charge in [-0.05, 0) is 86.3 Å². The first-order valence-electron chi connectivity index (χ1n) is 14.6. The molecule has 0 radical (unpaired) electrons. The molecule has 0 fully saturated rings. The van der Waals surface area contributed by atoms with Crippen molar-refractivity contribution in [1.82, 2.24) is 14.9 Å². The molecule has 4 rings (SSSR count). The molecule has 9 nitrogen and oxygen atoms in total. The number of imidazole rings is 1. The first-order chi connectivity index (χ1) is 21.6. The van der Waals surface area contributed by atoms with E-state index in [1.165, 1.54) is 42.5 Å². The number of nitrogens with zero attached hydrogens (tertiary/aromatic N) is 2. The van der Waals surface area contributed by atoms with Crippen molar-refractivity contribution in [3.05, 3.63) is 108 Å². The zero-order chi connectivity index (χ0) is 33.6. The van der Waals surface area contributed by atoms with E-state index >= 15 is 0 Å². The molecule has 0 aliphatic carbocycles.